The van der Waals surface area contributed by atoms with Crippen molar-refractivity contribution in [2.45, 2.75) is 32.7 Å². The molecule has 2 rings (SSSR count). The molecule has 0 saturated heterocycles. The van der Waals surface area contributed by atoms with E-state index >= 15 is 0 Å². The molecule has 0 fully saturated rings. The monoisotopic (exact) mass is 342 g/mol. The zero-order valence-corrected chi connectivity index (χ0v) is 13.5. The molecular formula is C15H16Cl2N2O3. The van der Waals surface area contributed by atoms with Crippen LogP contribution in [0.25, 0.3) is 0 Å². The molecule has 1 aromatic carbocycles. The fraction of sp³-hybridized carbons (Fsp3) is 0.333. The molecular weight excluding hydrogens is 327 g/mol. The highest BCUT2D eigenvalue weighted by Gasteiger charge is 2.15. The average molecular weight is 343 g/mol. The molecule has 0 bridgehead atoms. The van der Waals surface area contributed by atoms with Crippen LogP contribution in [-0.2, 0) is 13.0 Å². The second kappa shape index (κ2) is 7.03. The molecule has 0 aliphatic heterocycles. The van der Waals surface area contributed by atoms with Crippen LogP contribution in [-0.4, -0.2) is 14.7 Å². The molecule has 118 valence electrons. The zero-order chi connectivity index (χ0) is 16.3. The fourth-order valence-electron chi connectivity index (χ4n) is 2.14. The van der Waals surface area contributed by atoms with E-state index in [1.165, 1.54) is 4.57 Å². The Morgan fingerprint density at radius 2 is 2.00 bits per heavy atom. The summed E-state index contributed by atoms with van der Waals surface area (Å²) in [6, 6.07) is 4.91. The van der Waals surface area contributed by atoms with E-state index < -0.39 is 11.2 Å². The summed E-state index contributed by atoms with van der Waals surface area (Å²) in [5.74, 6) is -0.312. The van der Waals surface area contributed by atoms with Crippen LogP contribution in [0, 0.1) is 0 Å². The minimum atomic E-state index is -0.610. The molecule has 0 spiro atoms. The lowest BCUT2D eigenvalue weighted by Crippen LogP contribution is -2.32. The highest BCUT2D eigenvalue weighted by Crippen LogP contribution is 2.24. The summed E-state index contributed by atoms with van der Waals surface area (Å²) in [6.45, 7) is 2.32. The van der Waals surface area contributed by atoms with Crippen LogP contribution in [0.3, 0.4) is 0 Å². The standard InChI is InChI=1S/C15H16Cl2N2O3/c1-2-3-6-19-14(21)11(13(20)18-15(19)22)7-9-4-5-10(16)8-12(9)17/h4-5,8,21H,2-3,6-7H2,1H3,(H,18,20,22). The molecule has 1 heterocycles. The van der Waals surface area contributed by atoms with E-state index in [2.05, 4.69) is 4.98 Å². The molecule has 2 aromatic rings. The van der Waals surface area contributed by atoms with Crippen LogP contribution in [0.5, 0.6) is 5.88 Å². The maximum absolute atomic E-state index is 12.0. The molecule has 0 aliphatic rings. The highest BCUT2D eigenvalue weighted by molar-refractivity contribution is 6.35. The number of aromatic amines is 1. The average Bonchev–Trinajstić information content (AvgIpc) is 2.45. The largest absolute Gasteiger partial charge is 0.494 e. The molecule has 0 atom stereocenters. The van der Waals surface area contributed by atoms with E-state index in [1.54, 1.807) is 18.2 Å². The number of H-pyrrole nitrogens is 1. The lowest BCUT2D eigenvalue weighted by Gasteiger charge is -2.11. The Bertz CT molecular complexity index is 796. The topological polar surface area (TPSA) is 75.1 Å². The number of aromatic hydroxyl groups is 1. The predicted molar refractivity (Wildman–Crippen MR) is 87.2 cm³/mol. The second-order valence-corrected chi connectivity index (χ2v) is 5.82. The van der Waals surface area contributed by atoms with Gasteiger partial charge in [-0.3, -0.25) is 14.3 Å². The van der Waals surface area contributed by atoms with E-state index in [0.29, 0.717) is 22.2 Å². The number of nitrogens with one attached hydrogen (secondary N) is 1. The Morgan fingerprint density at radius 3 is 2.64 bits per heavy atom. The number of nitrogens with zero attached hydrogens (tertiary/aromatic N) is 1. The molecule has 0 aliphatic carbocycles. The first-order valence-corrected chi connectivity index (χ1v) is 7.68. The maximum atomic E-state index is 12.0. The van der Waals surface area contributed by atoms with Gasteiger partial charge in [-0.1, -0.05) is 42.6 Å². The van der Waals surface area contributed by atoms with Crippen LogP contribution in [0.2, 0.25) is 10.0 Å². The first-order valence-electron chi connectivity index (χ1n) is 6.93. The van der Waals surface area contributed by atoms with Crippen molar-refractivity contribution in [3.63, 3.8) is 0 Å². The Labute approximate surface area is 137 Å². The van der Waals surface area contributed by atoms with Crippen molar-refractivity contribution in [3.05, 3.63) is 60.2 Å². The highest BCUT2D eigenvalue weighted by atomic mass is 35.5. The summed E-state index contributed by atoms with van der Waals surface area (Å²) >= 11 is 11.9. The molecule has 1 aromatic heterocycles. The smallest absolute Gasteiger partial charge is 0.331 e. The van der Waals surface area contributed by atoms with Crippen molar-refractivity contribution in [2.24, 2.45) is 0 Å². The second-order valence-electron chi connectivity index (χ2n) is 4.98. The minimum Gasteiger partial charge on any atom is -0.494 e. The third kappa shape index (κ3) is 3.54. The van der Waals surface area contributed by atoms with Crippen molar-refractivity contribution >= 4 is 23.2 Å². The number of aromatic nitrogens is 2. The Balaban J connectivity index is 2.46. The third-order valence-electron chi connectivity index (χ3n) is 3.38. The van der Waals surface area contributed by atoms with E-state index in [-0.39, 0.29) is 17.9 Å². The zero-order valence-electron chi connectivity index (χ0n) is 12.0. The number of hydrogen-bond acceptors (Lipinski definition) is 3. The summed E-state index contributed by atoms with van der Waals surface area (Å²) in [6.07, 6.45) is 1.70. The van der Waals surface area contributed by atoms with Gasteiger partial charge in [0.15, 0.2) is 0 Å². The first kappa shape index (κ1) is 16.6. The van der Waals surface area contributed by atoms with Gasteiger partial charge in [0.25, 0.3) is 5.56 Å². The number of halogens is 2. The van der Waals surface area contributed by atoms with Gasteiger partial charge in [0, 0.05) is 23.0 Å². The summed E-state index contributed by atoms with van der Waals surface area (Å²) < 4.78 is 1.17. The number of unbranched alkanes of at least 4 members (excludes halogenated alkanes) is 1. The van der Waals surface area contributed by atoms with Gasteiger partial charge in [-0.05, 0) is 24.1 Å². The quantitative estimate of drug-likeness (QED) is 0.877. The first-order chi connectivity index (χ1) is 10.4. The van der Waals surface area contributed by atoms with Crippen molar-refractivity contribution < 1.29 is 5.11 Å². The Morgan fingerprint density at radius 1 is 1.27 bits per heavy atom. The number of benzene rings is 1. The Kier molecular flexibility index (Phi) is 5.32. The third-order valence-corrected chi connectivity index (χ3v) is 3.97. The van der Waals surface area contributed by atoms with Gasteiger partial charge in [-0.25, -0.2) is 4.79 Å². The minimum absolute atomic E-state index is 0.111. The van der Waals surface area contributed by atoms with Gasteiger partial charge >= 0.3 is 5.69 Å². The summed E-state index contributed by atoms with van der Waals surface area (Å²) in [5, 5.41) is 11.1. The number of rotatable bonds is 5. The molecule has 0 amide bonds. The van der Waals surface area contributed by atoms with Crippen LogP contribution < -0.4 is 11.2 Å². The van der Waals surface area contributed by atoms with Crippen LogP contribution in [0.1, 0.15) is 30.9 Å². The molecule has 5 nitrogen and oxygen atoms in total. The molecule has 2 N–H and O–H groups in total. The lowest BCUT2D eigenvalue weighted by atomic mass is 10.1. The van der Waals surface area contributed by atoms with Crippen molar-refractivity contribution in [1.29, 1.82) is 0 Å². The van der Waals surface area contributed by atoms with Crippen LogP contribution >= 0.6 is 23.2 Å². The molecule has 22 heavy (non-hydrogen) atoms. The van der Waals surface area contributed by atoms with E-state index in [0.717, 1.165) is 12.8 Å². The Hall–Kier alpha value is -1.72. The molecule has 0 saturated carbocycles. The van der Waals surface area contributed by atoms with Gasteiger partial charge in [-0.15, -0.1) is 0 Å². The normalized spacial score (nSPS) is 10.9. The summed E-state index contributed by atoms with van der Waals surface area (Å²) in [4.78, 5) is 26.0. The molecule has 0 radical (unpaired) electrons. The summed E-state index contributed by atoms with van der Waals surface area (Å²) in [5.41, 5.74) is -0.462. The van der Waals surface area contributed by atoms with Crippen molar-refractivity contribution in [2.75, 3.05) is 0 Å². The van der Waals surface area contributed by atoms with Gasteiger partial charge in [-0.2, -0.15) is 0 Å². The van der Waals surface area contributed by atoms with Gasteiger partial charge in [0.2, 0.25) is 5.88 Å². The molecule has 0 unspecified atom stereocenters. The van der Waals surface area contributed by atoms with Crippen LogP contribution in [0.4, 0.5) is 0 Å². The fourth-order valence-corrected chi connectivity index (χ4v) is 2.61. The van der Waals surface area contributed by atoms with E-state index in [1.807, 2.05) is 6.92 Å². The SMILES string of the molecule is CCCCn1c(O)c(Cc2ccc(Cl)cc2Cl)c(=O)[nH]c1=O. The number of hydrogen-bond donors (Lipinski definition) is 2. The van der Waals surface area contributed by atoms with Crippen molar-refractivity contribution in [3.8, 4) is 5.88 Å². The van der Waals surface area contributed by atoms with E-state index in [4.69, 9.17) is 23.2 Å². The van der Waals surface area contributed by atoms with Crippen LogP contribution in [0.15, 0.2) is 27.8 Å². The molecule has 7 heteroatoms. The van der Waals surface area contributed by atoms with Crippen molar-refractivity contribution in [1.82, 2.24) is 9.55 Å². The maximum Gasteiger partial charge on any atom is 0.331 e. The summed E-state index contributed by atoms with van der Waals surface area (Å²) in [7, 11) is 0. The van der Waals surface area contributed by atoms with Gasteiger partial charge in [0.05, 0.1) is 5.56 Å². The van der Waals surface area contributed by atoms with E-state index in [9.17, 15) is 14.7 Å². The lowest BCUT2D eigenvalue weighted by molar-refractivity contribution is 0.389. The van der Waals surface area contributed by atoms with Gasteiger partial charge < -0.3 is 5.11 Å². The van der Waals surface area contributed by atoms with Gasteiger partial charge in [0.1, 0.15) is 0 Å². The predicted octanol–water partition coefficient (Wildman–Crippen LogP) is 2.94.